The van der Waals surface area contributed by atoms with Gasteiger partial charge >= 0.3 is 0 Å². The van der Waals surface area contributed by atoms with E-state index < -0.39 is 18.2 Å². The molecular weight excluding hydrogens is 560 g/mol. The van der Waals surface area contributed by atoms with Crippen LogP contribution >= 0.6 is 11.3 Å². The molecule has 0 aliphatic carbocycles. The molecule has 228 valence electrons. The number of nitrogens with zero attached hydrogens (tertiary/aromatic N) is 3. The van der Waals surface area contributed by atoms with Crippen LogP contribution < -0.4 is 5.32 Å². The average Bonchev–Trinajstić information content (AvgIpc) is 3.65. The van der Waals surface area contributed by atoms with Crippen molar-refractivity contribution in [1.82, 2.24) is 20.1 Å². The Morgan fingerprint density at radius 1 is 1.12 bits per heavy atom. The van der Waals surface area contributed by atoms with Gasteiger partial charge in [0.05, 0.1) is 28.2 Å². The van der Waals surface area contributed by atoms with E-state index >= 15 is 0 Å². The number of thiazole rings is 1. The Labute approximate surface area is 258 Å². The van der Waals surface area contributed by atoms with E-state index in [1.807, 2.05) is 56.6 Å². The van der Waals surface area contributed by atoms with Gasteiger partial charge < -0.3 is 20.2 Å². The summed E-state index contributed by atoms with van der Waals surface area (Å²) in [4.78, 5) is 50.0. The molecule has 4 atom stereocenters. The largest absolute Gasteiger partial charge is 0.391 e. The molecule has 0 radical (unpaired) electrons. The molecule has 9 heteroatoms. The maximum absolute atomic E-state index is 14.1. The third-order valence-electron chi connectivity index (χ3n) is 8.39. The zero-order valence-electron chi connectivity index (χ0n) is 25.8. The Morgan fingerprint density at radius 3 is 2.42 bits per heavy atom. The van der Waals surface area contributed by atoms with Gasteiger partial charge in [-0.05, 0) is 47.4 Å². The molecule has 1 fully saturated rings. The molecule has 1 saturated heterocycles. The maximum Gasteiger partial charge on any atom is 0.255 e. The number of carbonyl (C=O) groups is 3. The van der Waals surface area contributed by atoms with E-state index in [0.29, 0.717) is 18.5 Å². The minimum absolute atomic E-state index is 0.0575. The first-order chi connectivity index (χ1) is 20.3. The van der Waals surface area contributed by atoms with Gasteiger partial charge in [0.1, 0.15) is 12.1 Å². The summed E-state index contributed by atoms with van der Waals surface area (Å²) in [5.74, 6) is -0.947. The molecule has 1 aromatic heterocycles. The smallest absolute Gasteiger partial charge is 0.255 e. The Hall–Kier alpha value is -3.56. The van der Waals surface area contributed by atoms with Crippen LogP contribution in [0.5, 0.6) is 0 Å². The summed E-state index contributed by atoms with van der Waals surface area (Å²) in [6, 6.07) is 13.8. The lowest BCUT2D eigenvalue weighted by molar-refractivity contribution is -0.143. The second kappa shape index (κ2) is 12.2. The van der Waals surface area contributed by atoms with E-state index in [1.165, 1.54) is 4.90 Å². The number of aliphatic hydroxyl groups excluding tert-OH is 1. The topological polar surface area (TPSA) is 103 Å². The molecule has 2 aromatic carbocycles. The molecule has 3 amide bonds. The minimum Gasteiger partial charge on any atom is -0.391 e. The Kier molecular flexibility index (Phi) is 8.77. The molecule has 8 nitrogen and oxygen atoms in total. The molecule has 2 aliphatic heterocycles. The number of aryl methyl sites for hydroxylation is 1. The van der Waals surface area contributed by atoms with E-state index in [9.17, 15) is 19.5 Å². The number of carbonyl (C=O) groups excluding carboxylic acids is 3. The SMILES string of the molecule is Cc1ncsc1-c1ccc([C@H](CC(C)(C)C)NC(=O)[C@@H]2C[C@@H](O)CN2C(=O)[C@H](C(C)C)N2Cc3ccccc3C2=O)cc1. The van der Waals surface area contributed by atoms with Gasteiger partial charge in [0.2, 0.25) is 11.8 Å². The highest BCUT2D eigenvalue weighted by Gasteiger charge is 2.46. The third kappa shape index (κ3) is 6.53. The highest BCUT2D eigenvalue weighted by atomic mass is 32.1. The fourth-order valence-corrected chi connectivity index (χ4v) is 7.15. The van der Waals surface area contributed by atoms with Gasteiger partial charge in [-0.1, -0.05) is 77.1 Å². The first-order valence-corrected chi connectivity index (χ1v) is 15.9. The van der Waals surface area contributed by atoms with Crippen LogP contribution in [-0.4, -0.2) is 62.3 Å². The van der Waals surface area contributed by atoms with E-state index in [-0.39, 0.29) is 48.1 Å². The molecule has 2 N–H and O–H groups in total. The molecule has 5 rings (SSSR count). The van der Waals surface area contributed by atoms with Crippen molar-refractivity contribution in [3.05, 3.63) is 76.4 Å². The number of hydrogen-bond acceptors (Lipinski definition) is 6. The van der Waals surface area contributed by atoms with Crippen LogP contribution in [-0.2, 0) is 16.1 Å². The zero-order valence-corrected chi connectivity index (χ0v) is 26.6. The zero-order chi connectivity index (χ0) is 31.1. The fourth-order valence-electron chi connectivity index (χ4n) is 6.33. The second-order valence-corrected chi connectivity index (χ2v) is 14.2. The molecule has 0 saturated carbocycles. The van der Waals surface area contributed by atoms with Crippen molar-refractivity contribution >= 4 is 29.1 Å². The van der Waals surface area contributed by atoms with Gasteiger partial charge in [-0.15, -0.1) is 11.3 Å². The number of amides is 3. The first-order valence-electron chi connectivity index (χ1n) is 15.0. The quantitative estimate of drug-likeness (QED) is 0.362. The Bertz CT molecular complexity index is 1490. The van der Waals surface area contributed by atoms with Crippen molar-refractivity contribution in [3.63, 3.8) is 0 Å². The fraction of sp³-hybridized carbons (Fsp3) is 0.471. The van der Waals surface area contributed by atoms with Crippen LogP contribution in [0.4, 0.5) is 0 Å². The lowest BCUT2D eigenvalue weighted by Gasteiger charge is -2.35. The lowest BCUT2D eigenvalue weighted by Crippen LogP contribution is -2.55. The summed E-state index contributed by atoms with van der Waals surface area (Å²) in [5, 5.41) is 13.9. The number of nitrogens with one attached hydrogen (secondary N) is 1. The van der Waals surface area contributed by atoms with Crippen LogP contribution in [0.3, 0.4) is 0 Å². The summed E-state index contributed by atoms with van der Waals surface area (Å²) in [6.45, 7) is 12.6. The third-order valence-corrected chi connectivity index (χ3v) is 9.37. The highest BCUT2D eigenvalue weighted by molar-refractivity contribution is 7.13. The van der Waals surface area contributed by atoms with Crippen molar-refractivity contribution in [1.29, 1.82) is 0 Å². The number of β-amino-alcohol motifs (C(OH)–C–C–N with tert-alkyl or cyclic N) is 1. The molecule has 0 unspecified atom stereocenters. The minimum atomic E-state index is -0.828. The van der Waals surface area contributed by atoms with E-state index in [0.717, 1.165) is 27.3 Å². The Balaban J connectivity index is 1.37. The van der Waals surface area contributed by atoms with Crippen molar-refractivity contribution in [2.24, 2.45) is 11.3 Å². The second-order valence-electron chi connectivity index (χ2n) is 13.4. The van der Waals surface area contributed by atoms with E-state index in [2.05, 4.69) is 43.2 Å². The monoisotopic (exact) mass is 602 g/mol. The summed E-state index contributed by atoms with van der Waals surface area (Å²) in [6.07, 6.45) is 0.0281. The van der Waals surface area contributed by atoms with Crippen LogP contribution in [0.15, 0.2) is 54.0 Å². The van der Waals surface area contributed by atoms with Gasteiger partial charge in [-0.2, -0.15) is 0 Å². The maximum atomic E-state index is 14.1. The van der Waals surface area contributed by atoms with Gasteiger partial charge in [-0.25, -0.2) is 4.98 Å². The molecule has 3 heterocycles. The first kappa shape index (κ1) is 30.9. The normalized spacial score (nSPS) is 20.0. The van der Waals surface area contributed by atoms with Crippen molar-refractivity contribution in [2.45, 2.75) is 85.2 Å². The van der Waals surface area contributed by atoms with Gasteiger partial charge in [-0.3, -0.25) is 14.4 Å². The molecule has 43 heavy (non-hydrogen) atoms. The summed E-state index contributed by atoms with van der Waals surface area (Å²) < 4.78 is 0. The summed E-state index contributed by atoms with van der Waals surface area (Å²) in [7, 11) is 0. The highest BCUT2D eigenvalue weighted by Crippen LogP contribution is 2.34. The molecule has 0 bridgehead atoms. The number of aliphatic hydroxyl groups is 1. The standard InChI is InChI=1S/C34H42N4O4S/c1-20(2)29(38-17-24-9-7-8-10-26(24)32(38)41)33(42)37-18-25(39)15-28(37)31(40)36-27(16-34(4,5)6)22-11-13-23(14-12-22)30-21(3)35-19-43-30/h7-14,19-20,25,27-29,39H,15-18H2,1-6H3,(H,36,40)/t25-,27+,28+,29+/m1/s1. The van der Waals surface area contributed by atoms with Crippen molar-refractivity contribution in [2.75, 3.05) is 6.54 Å². The molecular formula is C34H42N4O4S. The van der Waals surface area contributed by atoms with Gasteiger partial charge in [0.15, 0.2) is 0 Å². The van der Waals surface area contributed by atoms with E-state index in [4.69, 9.17) is 0 Å². The van der Waals surface area contributed by atoms with Gasteiger partial charge in [0.25, 0.3) is 5.91 Å². The van der Waals surface area contributed by atoms with Crippen molar-refractivity contribution < 1.29 is 19.5 Å². The van der Waals surface area contributed by atoms with Gasteiger partial charge in [0, 0.05) is 25.1 Å². The number of aromatic nitrogens is 1. The number of hydrogen-bond donors (Lipinski definition) is 2. The Morgan fingerprint density at radius 2 is 1.81 bits per heavy atom. The van der Waals surface area contributed by atoms with Crippen LogP contribution in [0.2, 0.25) is 0 Å². The number of fused-ring (bicyclic) bond motifs is 1. The molecule has 2 aliphatic rings. The van der Waals surface area contributed by atoms with Crippen molar-refractivity contribution in [3.8, 4) is 10.4 Å². The predicted molar refractivity (Wildman–Crippen MR) is 168 cm³/mol. The summed E-state index contributed by atoms with van der Waals surface area (Å²) >= 11 is 1.60. The van der Waals surface area contributed by atoms with Crippen LogP contribution in [0, 0.1) is 18.3 Å². The average molecular weight is 603 g/mol. The number of benzene rings is 2. The van der Waals surface area contributed by atoms with Crippen LogP contribution in [0.25, 0.3) is 10.4 Å². The molecule has 3 aromatic rings. The number of likely N-dealkylation sites (tertiary alicyclic amines) is 1. The molecule has 0 spiro atoms. The van der Waals surface area contributed by atoms with E-state index in [1.54, 1.807) is 22.3 Å². The number of rotatable bonds is 8. The lowest BCUT2D eigenvalue weighted by atomic mass is 9.85. The van der Waals surface area contributed by atoms with Crippen LogP contribution in [0.1, 0.15) is 80.7 Å². The summed E-state index contributed by atoms with van der Waals surface area (Å²) in [5.41, 5.74) is 6.31. The predicted octanol–water partition coefficient (Wildman–Crippen LogP) is 5.35.